The van der Waals surface area contributed by atoms with Gasteiger partial charge in [-0.15, -0.1) is 0 Å². The molecule has 1 aliphatic heterocycles. The highest BCUT2D eigenvalue weighted by Crippen LogP contribution is 2.27. The van der Waals surface area contributed by atoms with Crippen molar-refractivity contribution in [2.45, 2.75) is 84.3 Å². The predicted octanol–water partition coefficient (Wildman–Crippen LogP) is 3.61. The minimum absolute atomic E-state index is 0.0778. The predicted molar refractivity (Wildman–Crippen MR) is 97.3 cm³/mol. The van der Waals surface area contributed by atoms with E-state index in [2.05, 4.69) is 33.0 Å². The molecule has 0 radical (unpaired) electrons. The van der Waals surface area contributed by atoms with Gasteiger partial charge < -0.3 is 19.4 Å². The normalized spacial score (nSPS) is 22.5. The quantitative estimate of drug-likeness (QED) is 0.717. The molecule has 0 spiro atoms. The van der Waals surface area contributed by atoms with Gasteiger partial charge in [0.05, 0.1) is 18.7 Å². The molecule has 136 valence electrons. The third kappa shape index (κ3) is 5.76. The third-order valence-corrected chi connectivity index (χ3v) is 9.39. The first kappa shape index (κ1) is 20.5. The minimum atomic E-state index is -1.68. The molecule has 6 heteroatoms. The van der Waals surface area contributed by atoms with Gasteiger partial charge in [-0.3, -0.25) is 0 Å². The van der Waals surface area contributed by atoms with Gasteiger partial charge in [0.25, 0.3) is 0 Å². The molecule has 0 unspecified atom stereocenters. The van der Waals surface area contributed by atoms with E-state index in [9.17, 15) is 4.79 Å². The molecule has 1 rings (SSSR count). The number of rotatable bonds is 7. The molecule has 1 saturated heterocycles. The minimum Gasteiger partial charge on any atom is -0.444 e. The lowest BCUT2D eigenvalue weighted by Crippen LogP contribution is -2.48. The molecule has 2 atom stereocenters. The summed E-state index contributed by atoms with van der Waals surface area (Å²) < 4.78 is 12.2. The van der Waals surface area contributed by atoms with Gasteiger partial charge in [0, 0.05) is 6.54 Å². The van der Waals surface area contributed by atoms with E-state index in [4.69, 9.17) is 9.16 Å². The van der Waals surface area contributed by atoms with Gasteiger partial charge in [0.15, 0.2) is 8.32 Å². The van der Waals surface area contributed by atoms with Crippen molar-refractivity contribution in [2.75, 3.05) is 19.6 Å². The molecule has 0 aromatic rings. The van der Waals surface area contributed by atoms with Crippen LogP contribution in [0.3, 0.4) is 0 Å². The molecule has 0 aliphatic carbocycles. The molecule has 0 saturated carbocycles. The van der Waals surface area contributed by atoms with Crippen LogP contribution >= 0.6 is 0 Å². The van der Waals surface area contributed by atoms with Crippen LogP contribution in [0.15, 0.2) is 0 Å². The lowest BCUT2D eigenvalue weighted by Gasteiger charge is -2.33. The Balaban J connectivity index is 2.80. The molecule has 0 bridgehead atoms. The molecule has 1 amide bonds. The number of hydrogen-bond donors (Lipinski definition) is 1. The second-order valence-corrected chi connectivity index (χ2v) is 12.2. The smallest absolute Gasteiger partial charge is 0.410 e. The first-order chi connectivity index (χ1) is 10.7. The molecule has 5 nitrogen and oxygen atoms in total. The number of likely N-dealkylation sites (N-methyl/N-ethyl adjacent to an activating group) is 1. The fraction of sp³-hybridized carbons (Fsp3) is 0.941. The number of nitrogens with zero attached hydrogens (tertiary/aromatic N) is 1. The zero-order valence-electron chi connectivity index (χ0n) is 16.1. The first-order valence-corrected chi connectivity index (χ1v) is 11.6. The van der Waals surface area contributed by atoms with Crippen LogP contribution in [0, 0.1) is 0 Å². The van der Waals surface area contributed by atoms with Gasteiger partial charge in [-0.05, 0) is 45.4 Å². The van der Waals surface area contributed by atoms with Crippen molar-refractivity contribution in [3.05, 3.63) is 0 Å². The second-order valence-electron chi connectivity index (χ2n) is 7.45. The van der Waals surface area contributed by atoms with Crippen LogP contribution in [0.5, 0.6) is 0 Å². The topological polar surface area (TPSA) is 50.8 Å². The standard InChI is InChI=1S/C17H36N2O3Si/c1-8-18-14-12-19(16(20)21-17(5,6)7)13-15(14)22-23(9-2,10-3)11-4/h14-15,18H,8-13H2,1-7H3/t14-,15-/m1/s1. The van der Waals surface area contributed by atoms with E-state index in [1.807, 2.05) is 20.8 Å². The highest BCUT2D eigenvalue weighted by Gasteiger charge is 2.42. The number of carbonyl (C=O) groups is 1. The zero-order chi connectivity index (χ0) is 17.7. The number of amides is 1. The van der Waals surface area contributed by atoms with Crippen molar-refractivity contribution in [1.82, 2.24) is 10.2 Å². The van der Waals surface area contributed by atoms with Crippen LogP contribution in [-0.2, 0) is 9.16 Å². The van der Waals surface area contributed by atoms with Gasteiger partial charge in [-0.2, -0.15) is 0 Å². The fourth-order valence-corrected chi connectivity index (χ4v) is 6.03. The number of hydrogen-bond acceptors (Lipinski definition) is 4. The fourth-order valence-electron chi connectivity index (χ4n) is 3.15. The van der Waals surface area contributed by atoms with E-state index in [0.717, 1.165) is 24.7 Å². The Morgan fingerprint density at radius 1 is 1.13 bits per heavy atom. The van der Waals surface area contributed by atoms with E-state index < -0.39 is 13.9 Å². The SMILES string of the molecule is CCN[C@@H]1CN(C(=O)OC(C)(C)C)C[C@H]1O[Si](CC)(CC)CC. The molecule has 1 N–H and O–H groups in total. The maximum atomic E-state index is 12.4. The summed E-state index contributed by atoms with van der Waals surface area (Å²) in [6.07, 6.45) is -0.155. The molecule has 1 aliphatic rings. The van der Waals surface area contributed by atoms with Crippen LogP contribution in [0.1, 0.15) is 48.5 Å². The van der Waals surface area contributed by atoms with Crippen LogP contribution in [0.25, 0.3) is 0 Å². The van der Waals surface area contributed by atoms with E-state index in [0.29, 0.717) is 13.1 Å². The first-order valence-electron chi connectivity index (χ1n) is 9.09. The highest BCUT2D eigenvalue weighted by molar-refractivity contribution is 6.73. The van der Waals surface area contributed by atoms with E-state index in [1.165, 1.54) is 0 Å². The summed E-state index contributed by atoms with van der Waals surface area (Å²) in [6, 6.07) is 3.58. The second kappa shape index (κ2) is 8.49. The summed E-state index contributed by atoms with van der Waals surface area (Å²) in [5.74, 6) is 0. The van der Waals surface area contributed by atoms with Crippen molar-refractivity contribution in [3.8, 4) is 0 Å². The summed E-state index contributed by atoms with van der Waals surface area (Å²) in [7, 11) is -1.68. The number of nitrogens with one attached hydrogen (secondary N) is 1. The van der Waals surface area contributed by atoms with E-state index >= 15 is 0 Å². The van der Waals surface area contributed by atoms with E-state index in [1.54, 1.807) is 4.90 Å². The van der Waals surface area contributed by atoms with Crippen LogP contribution in [-0.4, -0.2) is 56.7 Å². The Bertz CT molecular complexity index is 372. The average Bonchev–Trinajstić information content (AvgIpc) is 2.86. The van der Waals surface area contributed by atoms with Crippen molar-refractivity contribution in [1.29, 1.82) is 0 Å². The number of carbonyl (C=O) groups excluding carboxylic acids is 1. The van der Waals surface area contributed by atoms with Gasteiger partial charge in [-0.25, -0.2) is 4.79 Å². The number of likely N-dealkylation sites (tertiary alicyclic amines) is 1. The molecule has 1 heterocycles. The third-order valence-electron chi connectivity index (χ3n) is 4.72. The monoisotopic (exact) mass is 344 g/mol. The lowest BCUT2D eigenvalue weighted by atomic mass is 10.2. The van der Waals surface area contributed by atoms with Crippen molar-refractivity contribution in [2.24, 2.45) is 0 Å². The van der Waals surface area contributed by atoms with Gasteiger partial charge in [-0.1, -0.05) is 27.7 Å². The zero-order valence-corrected chi connectivity index (χ0v) is 17.1. The van der Waals surface area contributed by atoms with Crippen LogP contribution < -0.4 is 5.32 Å². The molecular formula is C17H36N2O3Si. The highest BCUT2D eigenvalue weighted by atomic mass is 28.4. The Morgan fingerprint density at radius 2 is 1.70 bits per heavy atom. The molecule has 23 heavy (non-hydrogen) atoms. The van der Waals surface area contributed by atoms with Gasteiger partial charge in [0.1, 0.15) is 5.60 Å². The van der Waals surface area contributed by atoms with Crippen molar-refractivity contribution in [3.63, 3.8) is 0 Å². The summed E-state index contributed by atoms with van der Waals surface area (Å²) in [5.41, 5.74) is -0.460. The van der Waals surface area contributed by atoms with Crippen LogP contribution in [0.4, 0.5) is 4.79 Å². The Hall–Kier alpha value is -0.593. The maximum Gasteiger partial charge on any atom is 0.410 e. The molecule has 0 aromatic carbocycles. The summed E-state index contributed by atoms with van der Waals surface area (Å²) in [5, 5.41) is 3.48. The summed E-state index contributed by atoms with van der Waals surface area (Å²) in [6.45, 7) is 16.7. The molecule has 0 aromatic heterocycles. The summed E-state index contributed by atoms with van der Waals surface area (Å²) in [4.78, 5) is 14.2. The Labute approximate surface area is 143 Å². The average molecular weight is 345 g/mol. The largest absolute Gasteiger partial charge is 0.444 e. The molecule has 1 fully saturated rings. The maximum absolute atomic E-state index is 12.4. The summed E-state index contributed by atoms with van der Waals surface area (Å²) >= 11 is 0. The molecular weight excluding hydrogens is 308 g/mol. The van der Waals surface area contributed by atoms with Crippen LogP contribution in [0.2, 0.25) is 18.1 Å². The van der Waals surface area contributed by atoms with Gasteiger partial charge >= 0.3 is 6.09 Å². The van der Waals surface area contributed by atoms with Crippen molar-refractivity contribution < 1.29 is 14.0 Å². The number of ether oxygens (including phenoxy) is 1. The van der Waals surface area contributed by atoms with Crippen molar-refractivity contribution >= 4 is 14.4 Å². The van der Waals surface area contributed by atoms with E-state index in [-0.39, 0.29) is 18.2 Å². The Kier molecular flexibility index (Phi) is 7.55. The lowest BCUT2D eigenvalue weighted by molar-refractivity contribution is 0.0273. The Morgan fingerprint density at radius 3 is 2.13 bits per heavy atom. The van der Waals surface area contributed by atoms with Gasteiger partial charge in [0.2, 0.25) is 0 Å².